The number of benzene rings is 1. The van der Waals surface area contributed by atoms with Crippen molar-refractivity contribution < 1.29 is 9.18 Å². The molecule has 36 heavy (non-hydrogen) atoms. The minimum atomic E-state index is -0.506. The number of nitrogens with zero attached hydrogens (tertiary/aromatic N) is 8. The topological polar surface area (TPSA) is 110 Å². The Labute approximate surface area is 205 Å². The molecule has 0 atom stereocenters. The number of aryl methyl sites for hydroxylation is 2. The van der Waals surface area contributed by atoms with Crippen LogP contribution in [0.2, 0.25) is 0 Å². The first-order valence-corrected chi connectivity index (χ1v) is 11.7. The monoisotopic (exact) mass is 488 g/mol. The van der Waals surface area contributed by atoms with E-state index in [-0.39, 0.29) is 11.6 Å². The van der Waals surface area contributed by atoms with E-state index < -0.39 is 5.82 Å². The van der Waals surface area contributed by atoms with Crippen molar-refractivity contribution in [3.63, 3.8) is 0 Å². The van der Waals surface area contributed by atoms with Gasteiger partial charge in [-0.15, -0.1) is 5.10 Å². The van der Waals surface area contributed by atoms with Gasteiger partial charge in [-0.3, -0.25) is 14.2 Å². The third-order valence-corrected chi connectivity index (χ3v) is 6.26. The number of piperazine rings is 1. The van der Waals surface area contributed by atoms with Gasteiger partial charge in [0, 0.05) is 75.2 Å². The number of halogens is 1. The molecule has 12 heteroatoms. The third kappa shape index (κ3) is 4.05. The van der Waals surface area contributed by atoms with Crippen LogP contribution in [0.3, 0.4) is 0 Å². The summed E-state index contributed by atoms with van der Waals surface area (Å²) in [4.78, 5) is 19.8. The van der Waals surface area contributed by atoms with Crippen LogP contribution in [0, 0.1) is 12.7 Å². The van der Waals surface area contributed by atoms with E-state index in [0.29, 0.717) is 29.0 Å². The van der Waals surface area contributed by atoms with Crippen LogP contribution in [0.15, 0.2) is 43.0 Å². The summed E-state index contributed by atoms with van der Waals surface area (Å²) in [6, 6.07) is 5.02. The molecule has 5 aromatic rings. The lowest BCUT2D eigenvalue weighted by atomic mass is 10.1. The first-order chi connectivity index (χ1) is 17.4. The summed E-state index contributed by atoms with van der Waals surface area (Å²) in [5, 5.41) is 20.0. The van der Waals surface area contributed by atoms with Crippen LogP contribution in [0.25, 0.3) is 16.6 Å². The van der Waals surface area contributed by atoms with Gasteiger partial charge in [-0.1, -0.05) is 5.21 Å². The fraction of sp³-hybridized carbons (Fsp3) is 0.292. The molecule has 0 saturated carbocycles. The smallest absolute Gasteiger partial charge is 0.257 e. The highest BCUT2D eigenvalue weighted by atomic mass is 19.1. The van der Waals surface area contributed by atoms with Crippen molar-refractivity contribution in [1.82, 2.24) is 39.5 Å². The Morgan fingerprint density at radius 2 is 2.00 bits per heavy atom. The molecular weight excluding hydrogens is 463 g/mol. The van der Waals surface area contributed by atoms with Crippen LogP contribution >= 0.6 is 0 Å². The van der Waals surface area contributed by atoms with Crippen LogP contribution in [-0.4, -0.2) is 66.2 Å². The van der Waals surface area contributed by atoms with Crippen molar-refractivity contribution in [1.29, 1.82) is 0 Å². The zero-order valence-corrected chi connectivity index (χ0v) is 19.9. The Morgan fingerprint density at radius 1 is 1.17 bits per heavy atom. The van der Waals surface area contributed by atoms with E-state index in [2.05, 4.69) is 30.8 Å². The molecule has 1 amide bonds. The molecule has 0 bridgehead atoms. The third-order valence-electron chi connectivity index (χ3n) is 6.26. The van der Waals surface area contributed by atoms with Crippen LogP contribution < -0.4 is 15.5 Å². The van der Waals surface area contributed by atoms with Gasteiger partial charge in [0.25, 0.3) is 5.91 Å². The molecule has 1 aliphatic rings. The lowest BCUT2D eigenvalue weighted by Crippen LogP contribution is -2.43. The van der Waals surface area contributed by atoms with Gasteiger partial charge in [-0.05, 0) is 19.1 Å². The molecule has 5 heterocycles. The summed E-state index contributed by atoms with van der Waals surface area (Å²) in [6.07, 6.45) is 7.13. The molecule has 2 N–H and O–H groups in total. The van der Waals surface area contributed by atoms with Gasteiger partial charge in [-0.2, -0.15) is 5.10 Å². The van der Waals surface area contributed by atoms with Crippen LogP contribution in [0.1, 0.15) is 21.7 Å². The Hall–Kier alpha value is -4.32. The van der Waals surface area contributed by atoms with Gasteiger partial charge in [0.1, 0.15) is 11.2 Å². The number of carbonyl (C=O) groups is 1. The van der Waals surface area contributed by atoms with E-state index in [1.165, 1.54) is 6.07 Å². The van der Waals surface area contributed by atoms with Crippen LogP contribution in [0.5, 0.6) is 0 Å². The molecule has 1 fully saturated rings. The number of fused-ring (bicyclic) bond motifs is 2. The maximum absolute atomic E-state index is 14.6. The Kier molecular flexibility index (Phi) is 5.37. The van der Waals surface area contributed by atoms with Crippen molar-refractivity contribution in [2.75, 3.05) is 36.4 Å². The highest BCUT2D eigenvalue weighted by Gasteiger charge is 2.21. The van der Waals surface area contributed by atoms with E-state index >= 15 is 0 Å². The first kappa shape index (κ1) is 22.2. The minimum absolute atomic E-state index is 0.219. The number of amides is 1. The molecular formula is C24H25FN10O. The number of anilines is 2. The van der Waals surface area contributed by atoms with Gasteiger partial charge < -0.3 is 19.9 Å². The summed E-state index contributed by atoms with van der Waals surface area (Å²) < 4.78 is 19.5. The maximum atomic E-state index is 14.6. The predicted octanol–water partition coefficient (Wildman–Crippen LogP) is 1.97. The highest BCUT2D eigenvalue weighted by molar-refractivity contribution is 6.13. The molecule has 184 valence electrons. The SMILES string of the molecule is Cc1cn2cc(NC(=O)c3ccc(N4CCNCC4)c4cn(Cc5cn(C)nn5)nc34)cc(F)c2n1. The number of hydrogen-bond acceptors (Lipinski definition) is 7. The number of rotatable bonds is 5. The highest BCUT2D eigenvalue weighted by Crippen LogP contribution is 2.30. The van der Waals surface area contributed by atoms with Crippen molar-refractivity contribution >= 4 is 33.8 Å². The zero-order valence-electron chi connectivity index (χ0n) is 19.9. The molecule has 0 spiro atoms. The Balaban J connectivity index is 1.38. The van der Waals surface area contributed by atoms with Gasteiger partial charge in [-0.25, -0.2) is 9.37 Å². The van der Waals surface area contributed by atoms with E-state index in [9.17, 15) is 9.18 Å². The average molecular weight is 489 g/mol. The number of pyridine rings is 1. The van der Waals surface area contributed by atoms with Gasteiger partial charge in [0.15, 0.2) is 11.5 Å². The summed E-state index contributed by atoms with van der Waals surface area (Å²) in [7, 11) is 1.81. The van der Waals surface area contributed by atoms with E-state index in [1.807, 2.05) is 25.5 Å². The lowest BCUT2D eigenvalue weighted by molar-refractivity contribution is 0.102. The molecule has 0 unspecified atom stereocenters. The average Bonchev–Trinajstić information content (AvgIpc) is 3.57. The number of carbonyl (C=O) groups excluding carboxylic acids is 1. The van der Waals surface area contributed by atoms with Crippen molar-refractivity contribution in [2.24, 2.45) is 7.05 Å². The molecule has 11 nitrogen and oxygen atoms in total. The zero-order chi connectivity index (χ0) is 24.8. The standard InChI is InChI=1S/C24H25FN10O/c1-15-10-34-12-16(9-20(25)23(34)27-15)28-24(36)18-3-4-21(33-7-5-26-6-8-33)19-14-35(30-22(18)19)13-17-11-32(2)31-29-17/h3-4,9-12,14,26H,5-8,13H2,1-2H3,(H,28,36). The second-order valence-electron chi connectivity index (χ2n) is 8.99. The molecule has 6 rings (SSSR count). The van der Waals surface area contributed by atoms with Gasteiger partial charge in [0.05, 0.1) is 23.5 Å². The predicted molar refractivity (Wildman–Crippen MR) is 133 cm³/mol. The van der Waals surface area contributed by atoms with Crippen molar-refractivity contribution in [3.8, 4) is 0 Å². The van der Waals surface area contributed by atoms with E-state index in [0.717, 1.165) is 42.9 Å². The van der Waals surface area contributed by atoms with E-state index in [1.54, 1.807) is 39.1 Å². The number of nitrogens with one attached hydrogen (secondary N) is 2. The number of imidazole rings is 1. The fourth-order valence-electron chi connectivity index (χ4n) is 4.66. The maximum Gasteiger partial charge on any atom is 0.257 e. The first-order valence-electron chi connectivity index (χ1n) is 11.7. The molecule has 1 saturated heterocycles. The number of aromatic nitrogens is 7. The number of hydrogen-bond donors (Lipinski definition) is 2. The summed E-state index contributed by atoms with van der Waals surface area (Å²) in [6.45, 7) is 5.71. The lowest BCUT2D eigenvalue weighted by Gasteiger charge is -2.30. The van der Waals surface area contributed by atoms with Crippen molar-refractivity contribution in [2.45, 2.75) is 13.5 Å². The fourth-order valence-corrected chi connectivity index (χ4v) is 4.66. The van der Waals surface area contributed by atoms with Crippen LogP contribution in [-0.2, 0) is 13.6 Å². The van der Waals surface area contributed by atoms with Gasteiger partial charge >= 0.3 is 0 Å². The summed E-state index contributed by atoms with van der Waals surface area (Å²) in [5.74, 6) is -0.874. The second kappa shape index (κ2) is 8.72. The minimum Gasteiger partial charge on any atom is -0.368 e. The van der Waals surface area contributed by atoms with Crippen LogP contribution in [0.4, 0.5) is 15.8 Å². The molecule has 0 radical (unpaired) electrons. The normalized spacial score (nSPS) is 14.1. The quantitative estimate of drug-likeness (QED) is 0.389. The molecule has 1 aliphatic heterocycles. The Morgan fingerprint density at radius 3 is 2.78 bits per heavy atom. The molecule has 4 aromatic heterocycles. The Bertz CT molecular complexity index is 1590. The van der Waals surface area contributed by atoms with Crippen molar-refractivity contribution in [3.05, 3.63) is 65.8 Å². The van der Waals surface area contributed by atoms with E-state index in [4.69, 9.17) is 5.10 Å². The summed E-state index contributed by atoms with van der Waals surface area (Å²) >= 11 is 0. The second-order valence-corrected chi connectivity index (χ2v) is 8.99. The molecule has 1 aromatic carbocycles. The summed E-state index contributed by atoms with van der Waals surface area (Å²) in [5.41, 5.74) is 4.01. The molecule has 0 aliphatic carbocycles. The van der Waals surface area contributed by atoms with Gasteiger partial charge in [0.2, 0.25) is 0 Å². The largest absolute Gasteiger partial charge is 0.368 e.